The van der Waals surface area contributed by atoms with E-state index in [4.69, 9.17) is 5.11 Å². The van der Waals surface area contributed by atoms with E-state index in [0.717, 1.165) is 5.56 Å². The third kappa shape index (κ3) is 2.93. The van der Waals surface area contributed by atoms with E-state index in [0.29, 0.717) is 4.47 Å². The zero-order chi connectivity index (χ0) is 12.3. The molecule has 1 aromatic carbocycles. The second kappa shape index (κ2) is 4.93. The minimum atomic E-state index is -1.07. The number of halogens is 1. The molecule has 0 radical (unpaired) electrons. The minimum Gasteiger partial charge on any atom is -0.480 e. The quantitative estimate of drug-likeness (QED) is 0.654. The van der Waals surface area contributed by atoms with Crippen molar-refractivity contribution >= 4 is 33.3 Å². The maximum atomic E-state index is 10.7. The van der Waals surface area contributed by atoms with Gasteiger partial charge in [0.2, 0.25) is 0 Å². The fourth-order valence-corrected chi connectivity index (χ4v) is 1.47. The van der Waals surface area contributed by atoms with Gasteiger partial charge in [-0.05, 0) is 18.6 Å². The van der Waals surface area contributed by atoms with Crippen molar-refractivity contribution in [1.29, 1.82) is 0 Å². The zero-order valence-corrected chi connectivity index (χ0v) is 9.94. The smallest absolute Gasteiger partial charge is 0.322 e. The predicted octanol–water partition coefficient (Wildman–Crippen LogP) is 2.16. The Balaban J connectivity index is 3.09. The highest BCUT2D eigenvalue weighted by Gasteiger charge is 2.16. The second-order valence-corrected chi connectivity index (χ2v) is 3.98. The second-order valence-electron chi connectivity index (χ2n) is 3.12. The van der Waals surface area contributed by atoms with Crippen LogP contribution in [0.2, 0.25) is 0 Å². The van der Waals surface area contributed by atoms with Gasteiger partial charge in [-0.1, -0.05) is 15.9 Å². The first-order valence-corrected chi connectivity index (χ1v) is 5.11. The van der Waals surface area contributed by atoms with Crippen LogP contribution in [0.5, 0.6) is 0 Å². The molecule has 86 valence electrons. The van der Waals surface area contributed by atoms with Gasteiger partial charge in [0.05, 0.1) is 4.92 Å². The summed E-state index contributed by atoms with van der Waals surface area (Å²) in [6.07, 6.45) is 0. The zero-order valence-electron chi connectivity index (χ0n) is 8.36. The van der Waals surface area contributed by atoms with Gasteiger partial charge in [-0.3, -0.25) is 14.9 Å². The van der Waals surface area contributed by atoms with E-state index in [1.54, 1.807) is 6.92 Å². The lowest BCUT2D eigenvalue weighted by molar-refractivity contribution is -0.384. The van der Waals surface area contributed by atoms with Crippen LogP contribution in [-0.4, -0.2) is 22.5 Å². The molecule has 0 unspecified atom stereocenters. The summed E-state index contributed by atoms with van der Waals surface area (Å²) >= 11 is 3.18. The average Bonchev–Trinajstić information content (AvgIpc) is 2.18. The molecule has 16 heavy (non-hydrogen) atoms. The monoisotopic (exact) mass is 288 g/mol. The summed E-state index contributed by atoms with van der Waals surface area (Å²) in [6, 6.07) is 2.88. The number of benzene rings is 1. The van der Waals surface area contributed by atoms with E-state index in [-0.39, 0.29) is 17.9 Å². The van der Waals surface area contributed by atoms with Crippen LogP contribution < -0.4 is 5.32 Å². The highest BCUT2D eigenvalue weighted by molar-refractivity contribution is 9.10. The number of carbonyl (C=O) groups is 1. The van der Waals surface area contributed by atoms with Crippen molar-refractivity contribution in [3.8, 4) is 0 Å². The lowest BCUT2D eigenvalue weighted by atomic mass is 10.2. The molecule has 0 bridgehead atoms. The first-order valence-electron chi connectivity index (χ1n) is 4.32. The van der Waals surface area contributed by atoms with Gasteiger partial charge in [0, 0.05) is 10.5 Å². The molecule has 0 spiro atoms. The number of nitro benzene ring substituents is 1. The Morgan fingerprint density at radius 2 is 2.25 bits per heavy atom. The summed E-state index contributed by atoms with van der Waals surface area (Å²) in [5.74, 6) is -1.07. The van der Waals surface area contributed by atoms with E-state index in [1.165, 1.54) is 12.1 Å². The van der Waals surface area contributed by atoms with Gasteiger partial charge in [-0.2, -0.15) is 0 Å². The molecule has 0 atom stereocenters. The molecule has 0 saturated carbocycles. The van der Waals surface area contributed by atoms with Crippen LogP contribution in [0.25, 0.3) is 0 Å². The first kappa shape index (κ1) is 12.4. The average molecular weight is 289 g/mol. The third-order valence-electron chi connectivity index (χ3n) is 1.90. The maximum Gasteiger partial charge on any atom is 0.322 e. The van der Waals surface area contributed by atoms with E-state index in [1.807, 2.05) is 0 Å². The van der Waals surface area contributed by atoms with Crippen LogP contribution in [0.1, 0.15) is 5.56 Å². The standard InChI is InChI=1S/C9H9BrN2O4/c1-5-2-7(11-4-9(13)14)8(12(15)16)3-6(5)10/h2-3,11H,4H2,1H3,(H,13,14). The van der Waals surface area contributed by atoms with Gasteiger partial charge in [-0.15, -0.1) is 0 Å². The number of aliphatic carboxylic acids is 1. The first-order chi connectivity index (χ1) is 7.41. The molecule has 0 aliphatic rings. The topological polar surface area (TPSA) is 92.5 Å². The third-order valence-corrected chi connectivity index (χ3v) is 2.76. The number of carboxylic acid groups (broad SMARTS) is 1. The van der Waals surface area contributed by atoms with E-state index in [9.17, 15) is 14.9 Å². The predicted molar refractivity (Wildman–Crippen MR) is 61.7 cm³/mol. The lowest BCUT2D eigenvalue weighted by Crippen LogP contribution is -2.13. The molecule has 0 amide bonds. The highest BCUT2D eigenvalue weighted by atomic mass is 79.9. The Morgan fingerprint density at radius 1 is 1.62 bits per heavy atom. The summed E-state index contributed by atoms with van der Waals surface area (Å²) < 4.78 is 0.611. The van der Waals surface area contributed by atoms with E-state index >= 15 is 0 Å². The van der Waals surface area contributed by atoms with Crippen LogP contribution in [0, 0.1) is 17.0 Å². The van der Waals surface area contributed by atoms with E-state index < -0.39 is 10.9 Å². The van der Waals surface area contributed by atoms with Crippen molar-refractivity contribution in [2.24, 2.45) is 0 Å². The summed E-state index contributed by atoms with van der Waals surface area (Å²) in [4.78, 5) is 20.5. The Labute approximate surface area is 99.6 Å². The number of aryl methyl sites for hydroxylation is 1. The minimum absolute atomic E-state index is 0.154. The Hall–Kier alpha value is -1.63. The van der Waals surface area contributed by atoms with E-state index in [2.05, 4.69) is 21.2 Å². The number of carboxylic acids is 1. The molecule has 1 rings (SSSR count). The van der Waals surface area contributed by atoms with Crippen LogP contribution in [0.4, 0.5) is 11.4 Å². The normalized spacial score (nSPS) is 9.88. The SMILES string of the molecule is Cc1cc(NCC(=O)O)c([N+](=O)[O-])cc1Br. The number of anilines is 1. The number of hydrogen-bond donors (Lipinski definition) is 2. The van der Waals surface area contributed by atoms with Crippen molar-refractivity contribution in [2.75, 3.05) is 11.9 Å². The Bertz CT molecular complexity index is 447. The van der Waals surface area contributed by atoms with Crippen LogP contribution in [0.15, 0.2) is 16.6 Å². The fourth-order valence-electron chi connectivity index (χ4n) is 1.13. The Morgan fingerprint density at radius 3 is 2.75 bits per heavy atom. The molecule has 6 nitrogen and oxygen atoms in total. The number of rotatable bonds is 4. The van der Waals surface area contributed by atoms with Gasteiger partial charge in [-0.25, -0.2) is 0 Å². The van der Waals surface area contributed by atoms with Gasteiger partial charge in [0.15, 0.2) is 0 Å². The number of nitrogens with zero attached hydrogens (tertiary/aromatic N) is 1. The Kier molecular flexibility index (Phi) is 3.83. The molecule has 0 aliphatic carbocycles. The molecule has 0 fully saturated rings. The van der Waals surface area contributed by atoms with Gasteiger partial charge in [0.1, 0.15) is 12.2 Å². The van der Waals surface area contributed by atoms with Crippen molar-refractivity contribution in [3.05, 3.63) is 32.3 Å². The number of nitrogens with one attached hydrogen (secondary N) is 1. The van der Waals surface area contributed by atoms with Crippen molar-refractivity contribution < 1.29 is 14.8 Å². The van der Waals surface area contributed by atoms with Crippen LogP contribution >= 0.6 is 15.9 Å². The number of hydrogen-bond acceptors (Lipinski definition) is 4. The van der Waals surface area contributed by atoms with Crippen molar-refractivity contribution in [1.82, 2.24) is 0 Å². The van der Waals surface area contributed by atoms with Crippen LogP contribution in [-0.2, 0) is 4.79 Å². The molecule has 0 saturated heterocycles. The molecule has 7 heteroatoms. The summed E-state index contributed by atoms with van der Waals surface area (Å²) in [5, 5.41) is 21.7. The molecule has 0 heterocycles. The summed E-state index contributed by atoms with van der Waals surface area (Å²) in [6.45, 7) is 1.40. The summed E-state index contributed by atoms with van der Waals surface area (Å²) in [5.41, 5.74) is 0.838. The molecule has 1 aromatic rings. The number of nitro groups is 1. The molecular formula is C9H9BrN2O4. The van der Waals surface area contributed by atoms with Gasteiger partial charge >= 0.3 is 5.97 Å². The largest absolute Gasteiger partial charge is 0.480 e. The molecule has 0 aromatic heterocycles. The van der Waals surface area contributed by atoms with Gasteiger partial charge in [0.25, 0.3) is 5.69 Å². The van der Waals surface area contributed by atoms with Gasteiger partial charge < -0.3 is 10.4 Å². The fraction of sp³-hybridized carbons (Fsp3) is 0.222. The molecule has 0 aliphatic heterocycles. The molecule has 2 N–H and O–H groups in total. The van der Waals surface area contributed by atoms with Crippen molar-refractivity contribution in [2.45, 2.75) is 6.92 Å². The molecular weight excluding hydrogens is 280 g/mol. The van der Waals surface area contributed by atoms with Crippen molar-refractivity contribution in [3.63, 3.8) is 0 Å². The highest BCUT2D eigenvalue weighted by Crippen LogP contribution is 2.30. The summed E-state index contributed by atoms with van der Waals surface area (Å²) in [7, 11) is 0. The maximum absolute atomic E-state index is 10.7. The van der Waals surface area contributed by atoms with Crippen LogP contribution in [0.3, 0.4) is 0 Å². The lowest BCUT2D eigenvalue weighted by Gasteiger charge is -2.07.